The highest BCUT2D eigenvalue weighted by Crippen LogP contribution is 2.30. The molecule has 3 heterocycles. The molecule has 3 aromatic heterocycles. The number of rotatable bonds is 4. The van der Waals surface area contributed by atoms with Crippen LogP contribution in [0.5, 0.6) is 0 Å². The number of amides is 1. The van der Waals surface area contributed by atoms with E-state index in [1.54, 1.807) is 6.07 Å². The molecule has 8 heteroatoms. The topological polar surface area (TPSA) is 76.9 Å². The number of aryl methyl sites for hydroxylation is 3. The van der Waals surface area contributed by atoms with Crippen molar-refractivity contribution in [3.63, 3.8) is 0 Å². The number of fused-ring (bicyclic) bond motifs is 2. The fourth-order valence-electron chi connectivity index (χ4n) is 2.77. The maximum Gasteiger partial charge on any atom is 0.262 e. The first-order valence-electron chi connectivity index (χ1n) is 8.12. The zero-order valence-electron chi connectivity index (χ0n) is 14.3. The molecule has 1 aromatic carbocycles. The van der Waals surface area contributed by atoms with Gasteiger partial charge in [0.25, 0.3) is 5.56 Å². The van der Waals surface area contributed by atoms with Gasteiger partial charge < -0.3 is 5.32 Å². The van der Waals surface area contributed by atoms with E-state index < -0.39 is 0 Å². The van der Waals surface area contributed by atoms with E-state index in [1.165, 1.54) is 33.6 Å². The molecule has 132 valence electrons. The van der Waals surface area contributed by atoms with E-state index in [0.717, 1.165) is 26.2 Å². The van der Waals surface area contributed by atoms with Crippen molar-refractivity contribution in [3.8, 4) is 0 Å². The fourth-order valence-corrected chi connectivity index (χ4v) is 4.52. The third-order valence-electron chi connectivity index (χ3n) is 4.22. The predicted molar refractivity (Wildman–Crippen MR) is 106 cm³/mol. The maximum absolute atomic E-state index is 12.3. The van der Waals surface area contributed by atoms with E-state index in [1.807, 2.05) is 25.3 Å². The zero-order valence-corrected chi connectivity index (χ0v) is 15.9. The SMILES string of the molecule is Cc1ccc(C)c2sc(NC(=O)CCn3cnc4sccc4c3=O)nc12. The molecule has 0 aliphatic heterocycles. The van der Waals surface area contributed by atoms with Crippen molar-refractivity contribution in [3.05, 3.63) is 51.4 Å². The summed E-state index contributed by atoms with van der Waals surface area (Å²) in [6, 6.07) is 5.85. The van der Waals surface area contributed by atoms with E-state index in [-0.39, 0.29) is 24.4 Å². The molecule has 6 nitrogen and oxygen atoms in total. The van der Waals surface area contributed by atoms with Crippen LogP contribution in [0, 0.1) is 13.8 Å². The van der Waals surface area contributed by atoms with Crippen LogP contribution in [0.15, 0.2) is 34.7 Å². The zero-order chi connectivity index (χ0) is 18.3. The van der Waals surface area contributed by atoms with Crippen molar-refractivity contribution in [2.45, 2.75) is 26.8 Å². The van der Waals surface area contributed by atoms with Gasteiger partial charge in [0.15, 0.2) is 5.13 Å². The molecule has 0 bridgehead atoms. The van der Waals surface area contributed by atoms with Gasteiger partial charge >= 0.3 is 0 Å². The summed E-state index contributed by atoms with van der Waals surface area (Å²) in [7, 11) is 0. The second kappa shape index (κ2) is 6.62. The highest BCUT2D eigenvalue weighted by Gasteiger charge is 2.12. The molecule has 4 aromatic rings. The molecule has 0 saturated carbocycles. The molecule has 0 aliphatic carbocycles. The minimum Gasteiger partial charge on any atom is -0.302 e. The number of aromatic nitrogens is 3. The van der Waals surface area contributed by atoms with Crippen LogP contribution in [0.3, 0.4) is 0 Å². The summed E-state index contributed by atoms with van der Waals surface area (Å²) in [5.41, 5.74) is 3.04. The highest BCUT2D eigenvalue weighted by molar-refractivity contribution is 7.22. The number of anilines is 1. The van der Waals surface area contributed by atoms with E-state index in [2.05, 4.69) is 21.4 Å². The minimum atomic E-state index is -0.170. The number of benzene rings is 1. The van der Waals surface area contributed by atoms with Crippen LogP contribution in [0.1, 0.15) is 17.5 Å². The summed E-state index contributed by atoms with van der Waals surface area (Å²) >= 11 is 2.90. The summed E-state index contributed by atoms with van der Waals surface area (Å²) in [5, 5.41) is 5.86. The van der Waals surface area contributed by atoms with Gasteiger partial charge in [-0.2, -0.15) is 0 Å². The summed E-state index contributed by atoms with van der Waals surface area (Å²) < 4.78 is 2.56. The molecule has 0 fully saturated rings. The van der Waals surface area contributed by atoms with E-state index in [4.69, 9.17) is 0 Å². The predicted octanol–water partition coefficient (Wildman–Crippen LogP) is 3.71. The number of thiophene rings is 1. The van der Waals surface area contributed by atoms with Crippen LogP contribution >= 0.6 is 22.7 Å². The van der Waals surface area contributed by atoms with Crippen LogP contribution in [-0.2, 0) is 11.3 Å². The molecule has 0 atom stereocenters. The van der Waals surface area contributed by atoms with Gasteiger partial charge in [-0.05, 0) is 36.4 Å². The fraction of sp³-hybridized carbons (Fsp3) is 0.222. The van der Waals surface area contributed by atoms with Gasteiger partial charge in [-0.3, -0.25) is 14.2 Å². The van der Waals surface area contributed by atoms with Gasteiger partial charge in [0, 0.05) is 13.0 Å². The van der Waals surface area contributed by atoms with Crippen molar-refractivity contribution >= 4 is 54.1 Å². The van der Waals surface area contributed by atoms with Crippen molar-refractivity contribution in [2.24, 2.45) is 0 Å². The second-order valence-electron chi connectivity index (χ2n) is 6.08. The number of hydrogen-bond donors (Lipinski definition) is 1. The first-order chi connectivity index (χ1) is 12.5. The first kappa shape index (κ1) is 16.9. The summed E-state index contributed by atoms with van der Waals surface area (Å²) in [6.07, 6.45) is 1.68. The van der Waals surface area contributed by atoms with Crippen LogP contribution in [0.25, 0.3) is 20.4 Å². The minimum absolute atomic E-state index is 0.115. The average molecular weight is 384 g/mol. The van der Waals surface area contributed by atoms with Crippen LogP contribution in [-0.4, -0.2) is 20.4 Å². The van der Waals surface area contributed by atoms with E-state index in [9.17, 15) is 9.59 Å². The molecule has 1 N–H and O–H groups in total. The lowest BCUT2D eigenvalue weighted by molar-refractivity contribution is -0.116. The Morgan fingerprint density at radius 2 is 2.04 bits per heavy atom. The molecule has 0 saturated heterocycles. The smallest absolute Gasteiger partial charge is 0.262 e. The Morgan fingerprint density at radius 1 is 1.23 bits per heavy atom. The Bertz CT molecular complexity index is 1150. The second-order valence-corrected chi connectivity index (χ2v) is 7.97. The van der Waals surface area contributed by atoms with Crippen molar-refractivity contribution < 1.29 is 4.79 Å². The number of carbonyl (C=O) groups is 1. The Morgan fingerprint density at radius 3 is 2.85 bits per heavy atom. The van der Waals surface area contributed by atoms with E-state index in [0.29, 0.717) is 10.5 Å². The largest absolute Gasteiger partial charge is 0.302 e. The van der Waals surface area contributed by atoms with Crippen LogP contribution in [0.2, 0.25) is 0 Å². The van der Waals surface area contributed by atoms with Crippen LogP contribution in [0.4, 0.5) is 5.13 Å². The van der Waals surface area contributed by atoms with Crippen LogP contribution < -0.4 is 10.9 Å². The Hall–Kier alpha value is -2.58. The van der Waals surface area contributed by atoms with Crippen molar-refractivity contribution in [1.82, 2.24) is 14.5 Å². The lowest BCUT2D eigenvalue weighted by atomic mass is 10.1. The molecule has 0 spiro atoms. The summed E-state index contributed by atoms with van der Waals surface area (Å²) in [5.74, 6) is -0.170. The summed E-state index contributed by atoms with van der Waals surface area (Å²) in [6.45, 7) is 4.32. The van der Waals surface area contributed by atoms with Gasteiger partial charge in [-0.25, -0.2) is 9.97 Å². The standard InChI is InChI=1S/C18H16N4O2S2/c1-10-3-4-11(2)15-14(10)21-18(26-15)20-13(23)5-7-22-9-19-16-12(17(22)24)6-8-25-16/h3-4,6,8-9H,5,7H2,1-2H3,(H,20,21,23). The van der Waals surface area contributed by atoms with Gasteiger partial charge in [0.2, 0.25) is 5.91 Å². The van der Waals surface area contributed by atoms with Gasteiger partial charge in [-0.15, -0.1) is 11.3 Å². The maximum atomic E-state index is 12.3. The molecule has 0 aliphatic rings. The number of nitrogens with one attached hydrogen (secondary N) is 1. The molecular weight excluding hydrogens is 368 g/mol. The van der Waals surface area contributed by atoms with Gasteiger partial charge in [-0.1, -0.05) is 23.5 Å². The molecule has 0 unspecified atom stereocenters. The first-order valence-corrected chi connectivity index (χ1v) is 9.82. The Balaban J connectivity index is 1.48. The highest BCUT2D eigenvalue weighted by atomic mass is 32.1. The third kappa shape index (κ3) is 3.02. The number of hydrogen-bond acceptors (Lipinski definition) is 6. The Kier molecular flexibility index (Phi) is 4.29. The Labute approximate surface area is 157 Å². The summed E-state index contributed by atoms with van der Waals surface area (Å²) in [4.78, 5) is 34.1. The number of thiazole rings is 1. The lowest BCUT2D eigenvalue weighted by Crippen LogP contribution is -2.23. The lowest BCUT2D eigenvalue weighted by Gasteiger charge is -2.05. The van der Waals surface area contributed by atoms with Crippen molar-refractivity contribution in [2.75, 3.05) is 5.32 Å². The molecule has 4 rings (SSSR count). The number of nitrogens with zero attached hydrogens (tertiary/aromatic N) is 3. The molecule has 1 amide bonds. The van der Waals surface area contributed by atoms with E-state index >= 15 is 0 Å². The third-order valence-corrected chi connectivity index (χ3v) is 6.15. The average Bonchev–Trinajstić information content (AvgIpc) is 3.25. The monoisotopic (exact) mass is 384 g/mol. The quantitative estimate of drug-likeness (QED) is 0.582. The normalized spacial score (nSPS) is 11.3. The number of carbonyl (C=O) groups excluding carboxylic acids is 1. The molecule has 0 radical (unpaired) electrons. The van der Waals surface area contributed by atoms with Crippen molar-refractivity contribution in [1.29, 1.82) is 0 Å². The molecule has 26 heavy (non-hydrogen) atoms. The van der Waals surface area contributed by atoms with Gasteiger partial charge in [0.1, 0.15) is 4.83 Å². The molecular formula is C18H16N4O2S2. The van der Waals surface area contributed by atoms with Gasteiger partial charge in [0.05, 0.1) is 21.9 Å².